The number of carbonyl (C=O) groups is 7. The summed E-state index contributed by atoms with van der Waals surface area (Å²) in [6.45, 7) is 3.65. The Labute approximate surface area is 408 Å². The highest BCUT2D eigenvalue weighted by molar-refractivity contribution is 14.1. The zero-order valence-electron chi connectivity index (χ0n) is 37.7. The smallest absolute Gasteiger partial charge is 0.251 e. The molecule has 0 unspecified atom stereocenters. The number of benzene rings is 4. The predicted octanol–water partition coefficient (Wildman–Crippen LogP) is 4.20. The van der Waals surface area contributed by atoms with E-state index in [0.717, 1.165) is 11.1 Å². The lowest BCUT2D eigenvalue weighted by atomic mass is 9.94. The van der Waals surface area contributed by atoms with Gasteiger partial charge in [-0.25, -0.2) is 0 Å². The van der Waals surface area contributed by atoms with Crippen LogP contribution in [0, 0.1) is 3.57 Å². The summed E-state index contributed by atoms with van der Waals surface area (Å²) in [6.07, 6.45) is 2.32. The minimum absolute atomic E-state index is 0.0586. The number of rotatable bonds is 13. The topological polar surface area (TPSA) is 232 Å². The fourth-order valence-corrected chi connectivity index (χ4v) is 9.16. The van der Waals surface area contributed by atoms with E-state index in [0.29, 0.717) is 75.2 Å². The third kappa shape index (κ3) is 12.1. The van der Waals surface area contributed by atoms with Gasteiger partial charge in [0.05, 0.1) is 0 Å². The molecule has 6 rings (SSSR count). The van der Waals surface area contributed by atoms with Crippen molar-refractivity contribution in [2.24, 2.45) is 5.73 Å². The first-order chi connectivity index (χ1) is 32.0. The van der Waals surface area contributed by atoms with E-state index in [-0.39, 0.29) is 24.5 Å². The molecule has 354 valence electrons. The number of hydrogen-bond donors (Lipinski definition) is 7. The van der Waals surface area contributed by atoms with Gasteiger partial charge in [-0.05, 0) is 151 Å². The van der Waals surface area contributed by atoms with Crippen molar-refractivity contribution >= 4 is 75.5 Å². The second kappa shape index (κ2) is 22.6. The van der Waals surface area contributed by atoms with E-state index in [4.69, 9.17) is 17.3 Å². The summed E-state index contributed by atoms with van der Waals surface area (Å²) < 4.78 is 0.698. The number of carbonyl (C=O) groups excluding carboxylic acids is 7. The molecule has 4 aromatic rings. The Hall–Kier alpha value is -6.05. The van der Waals surface area contributed by atoms with Crippen LogP contribution in [0.5, 0.6) is 5.75 Å². The number of nitrogens with zero attached hydrogens (tertiary/aromatic N) is 2. The molecule has 4 aromatic carbocycles. The molecule has 0 saturated carbocycles. The summed E-state index contributed by atoms with van der Waals surface area (Å²) in [4.78, 5) is 99.7. The quantitative estimate of drug-likeness (QED) is 0.0751. The lowest BCUT2D eigenvalue weighted by Crippen LogP contribution is -2.58. The molecular weight excluding hydrogens is 991 g/mol. The van der Waals surface area contributed by atoms with E-state index in [2.05, 4.69) is 49.2 Å². The molecule has 2 aliphatic heterocycles. The number of phenols is 1. The van der Waals surface area contributed by atoms with E-state index < -0.39 is 71.7 Å². The highest BCUT2D eigenvalue weighted by atomic mass is 127. The van der Waals surface area contributed by atoms with Gasteiger partial charge in [-0.15, -0.1) is 0 Å². The van der Waals surface area contributed by atoms with Gasteiger partial charge in [0.2, 0.25) is 35.4 Å². The number of nitrogens with one attached hydrogen (secondary N) is 5. The summed E-state index contributed by atoms with van der Waals surface area (Å²) in [7, 11) is 2.94. The number of likely N-dealkylation sites (tertiary alicyclic amines) is 1. The SMILES string of the molecule is CNC(=O)[C@@H]1CCCN1C(=O)[C@H](C)NC(=O)[C@@H]1Cc2ccc(O)c(c2)-c2cc(ccc2I)[C@H](N(C)C(=O)[C@H](CCCCN)NC(=O)c2ccc(-c3ccc(Cl)cc3)cc2)C(=O)N[C@@H](C)C(=O)N1. The molecular formula is C49H56ClIN8O8. The first-order valence-electron chi connectivity index (χ1n) is 22.2. The third-order valence-electron chi connectivity index (χ3n) is 12.2. The molecule has 0 aromatic heterocycles. The first kappa shape index (κ1) is 50.4. The number of hydrogen-bond acceptors (Lipinski definition) is 9. The molecule has 7 amide bonds. The van der Waals surface area contributed by atoms with E-state index in [1.165, 1.54) is 43.8 Å². The standard InChI is InChI=1S/C49H56ClIN8O8/c1-27-43(61)57-39(45(63)55-28(2)48(66)59-23-7-9-40(59)46(64)53-3)25-29-10-21-41(60)36(24-29)35-26-33(17-20-37(35)51)42(47(65)54-27)58(4)49(67)38(8-5-6-22-52)56-44(62)32-13-11-30(12-14-32)31-15-18-34(50)19-16-31/h10-21,24,26-28,38-40,42,60H,5-9,22-23,25,52H2,1-4H3,(H,53,64)(H,54,65)(H,55,63)(H,56,62)(H,57,61)/t27-,28-,38-,39-,40-,42-/m0/s1. The van der Waals surface area contributed by atoms with Crippen LogP contribution in [-0.4, -0.2) is 114 Å². The number of amides is 7. The lowest BCUT2D eigenvalue weighted by Gasteiger charge is -2.32. The lowest BCUT2D eigenvalue weighted by molar-refractivity contribution is -0.142. The van der Waals surface area contributed by atoms with Gasteiger partial charge in [0.25, 0.3) is 5.91 Å². The molecule has 0 radical (unpaired) electrons. The highest BCUT2D eigenvalue weighted by Crippen LogP contribution is 2.37. The van der Waals surface area contributed by atoms with Crippen molar-refractivity contribution in [2.45, 2.75) is 88.6 Å². The highest BCUT2D eigenvalue weighted by Gasteiger charge is 2.38. The number of nitrogens with two attached hydrogens (primary N) is 1. The van der Waals surface area contributed by atoms with Crippen LogP contribution >= 0.6 is 34.2 Å². The molecule has 1 fully saturated rings. The Bertz CT molecular complexity index is 2510. The Kier molecular flexibility index (Phi) is 17.0. The van der Waals surface area contributed by atoms with Gasteiger partial charge >= 0.3 is 0 Å². The number of halogens is 2. The molecule has 1 saturated heterocycles. The fourth-order valence-electron chi connectivity index (χ4n) is 8.41. The Balaban J connectivity index is 1.29. The van der Waals surface area contributed by atoms with Crippen LogP contribution in [0.4, 0.5) is 0 Å². The van der Waals surface area contributed by atoms with E-state index >= 15 is 0 Å². The summed E-state index contributed by atoms with van der Waals surface area (Å²) in [5.41, 5.74) is 9.69. The number of fused-ring (bicyclic) bond motifs is 5. The summed E-state index contributed by atoms with van der Waals surface area (Å²) in [6, 6.07) is 17.4. The van der Waals surface area contributed by atoms with Crippen molar-refractivity contribution in [3.63, 3.8) is 0 Å². The van der Waals surface area contributed by atoms with Crippen molar-refractivity contribution in [1.82, 2.24) is 36.4 Å². The summed E-state index contributed by atoms with van der Waals surface area (Å²) >= 11 is 8.17. The molecule has 2 aliphatic rings. The maximum atomic E-state index is 14.7. The average Bonchev–Trinajstić information content (AvgIpc) is 3.81. The molecule has 67 heavy (non-hydrogen) atoms. The van der Waals surface area contributed by atoms with E-state index in [1.807, 2.05) is 12.1 Å². The largest absolute Gasteiger partial charge is 0.507 e. The second-order valence-electron chi connectivity index (χ2n) is 16.9. The zero-order chi connectivity index (χ0) is 48.5. The number of likely N-dealkylation sites (N-methyl/N-ethyl adjacent to an activating group) is 2. The van der Waals surface area contributed by atoms with Crippen LogP contribution in [0.25, 0.3) is 22.3 Å². The van der Waals surface area contributed by atoms with Crippen LogP contribution in [0.2, 0.25) is 5.02 Å². The zero-order valence-corrected chi connectivity index (χ0v) is 40.6. The van der Waals surface area contributed by atoms with Crippen LogP contribution < -0.4 is 32.3 Å². The fraction of sp³-hybridized carbons (Fsp3) is 0.367. The van der Waals surface area contributed by atoms with Crippen LogP contribution in [0.1, 0.15) is 73.5 Å². The van der Waals surface area contributed by atoms with Gasteiger partial charge in [-0.3, -0.25) is 33.6 Å². The summed E-state index contributed by atoms with van der Waals surface area (Å²) in [5, 5.41) is 25.5. The predicted molar refractivity (Wildman–Crippen MR) is 262 cm³/mol. The van der Waals surface area contributed by atoms with Crippen molar-refractivity contribution in [3.8, 4) is 28.0 Å². The molecule has 16 nitrogen and oxygen atoms in total. The number of unbranched alkanes of at least 4 members (excludes halogenated alkanes) is 1. The Morgan fingerprint density at radius 1 is 0.896 bits per heavy atom. The normalized spacial score (nSPS) is 19.2. The third-order valence-corrected chi connectivity index (χ3v) is 13.3. The minimum Gasteiger partial charge on any atom is -0.507 e. The molecule has 0 spiro atoms. The van der Waals surface area contributed by atoms with Crippen molar-refractivity contribution in [2.75, 3.05) is 27.2 Å². The van der Waals surface area contributed by atoms with Gasteiger partial charge in [0, 0.05) is 46.8 Å². The Morgan fingerprint density at radius 3 is 2.25 bits per heavy atom. The average molecular weight is 1050 g/mol. The van der Waals surface area contributed by atoms with E-state index in [1.54, 1.807) is 66.7 Å². The van der Waals surface area contributed by atoms with Gasteiger partial charge in [0.1, 0.15) is 42.0 Å². The van der Waals surface area contributed by atoms with Crippen molar-refractivity contribution in [1.29, 1.82) is 0 Å². The molecule has 18 heteroatoms. The maximum absolute atomic E-state index is 14.7. The maximum Gasteiger partial charge on any atom is 0.251 e. The summed E-state index contributed by atoms with van der Waals surface area (Å²) in [5.74, 6) is -4.10. The van der Waals surface area contributed by atoms with Gasteiger partial charge < -0.3 is 47.2 Å². The molecule has 6 atom stereocenters. The van der Waals surface area contributed by atoms with Crippen LogP contribution in [0.3, 0.4) is 0 Å². The minimum atomic E-state index is -1.35. The monoisotopic (exact) mass is 1050 g/mol. The van der Waals surface area contributed by atoms with Gasteiger partial charge in [-0.2, -0.15) is 0 Å². The molecule has 8 N–H and O–H groups in total. The second-order valence-corrected chi connectivity index (χ2v) is 18.5. The van der Waals surface area contributed by atoms with E-state index in [9.17, 15) is 38.7 Å². The van der Waals surface area contributed by atoms with Gasteiger partial charge in [-0.1, -0.05) is 48.0 Å². The van der Waals surface area contributed by atoms with Gasteiger partial charge in [0.15, 0.2) is 0 Å². The number of aromatic hydroxyl groups is 1. The van der Waals surface area contributed by atoms with Crippen LogP contribution in [0.15, 0.2) is 84.9 Å². The first-order valence-corrected chi connectivity index (χ1v) is 23.6. The molecule has 2 heterocycles. The molecule has 4 bridgehead atoms. The van der Waals surface area contributed by atoms with Crippen LogP contribution in [-0.2, 0) is 35.2 Å². The molecule has 0 aliphatic carbocycles. The Morgan fingerprint density at radius 2 is 1.58 bits per heavy atom. The van der Waals surface area contributed by atoms with Crippen molar-refractivity contribution in [3.05, 3.63) is 110 Å². The van der Waals surface area contributed by atoms with Crippen molar-refractivity contribution < 1.29 is 38.7 Å². The number of phenolic OH excluding ortho intramolecular Hbond substituents is 1.